The Morgan fingerprint density at radius 2 is 2.08 bits per heavy atom. The molecule has 1 nitrogen and oxygen atoms in total. The third-order valence-corrected chi connectivity index (χ3v) is 3.67. The molecule has 0 radical (unpaired) electrons. The molecule has 1 saturated heterocycles. The van der Waals surface area contributed by atoms with E-state index in [0.29, 0.717) is 5.41 Å². The SMILES string of the molecule is c1ccc([C@H]2C[C@]23CCNC3)cc1. The monoisotopic (exact) mass is 173 g/mol. The van der Waals surface area contributed by atoms with Crippen LogP contribution in [0.15, 0.2) is 30.3 Å². The third kappa shape index (κ3) is 1.11. The van der Waals surface area contributed by atoms with E-state index in [0.717, 1.165) is 5.92 Å². The first kappa shape index (κ1) is 7.57. The molecule has 0 aromatic heterocycles. The van der Waals surface area contributed by atoms with Crippen molar-refractivity contribution < 1.29 is 0 Å². The smallest absolute Gasteiger partial charge is 0.00144 e. The van der Waals surface area contributed by atoms with E-state index < -0.39 is 0 Å². The van der Waals surface area contributed by atoms with Crippen molar-refractivity contribution in [3.05, 3.63) is 35.9 Å². The summed E-state index contributed by atoms with van der Waals surface area (Å²) >= 11 is 0. The second-order valence-corrected chi connectivity index (χ2v) is 4.46. The lowest BCUT2D eigenvalue weighted by atomic mass is 9.98. The van der Waals surface area contributed by atoms with Gasteiger partial charge in [0.1, 0.15) is 0 Å². The zero-order valence-electron chi connectivity index (χ0n) is 7.79. The summed E-state index contributed by atoms with van der Waals surface area (Å²) in [6, 6.07) is 11.0. The van der Waals surface area contributed by atoms with Crippen LogP contribution in [0.4, 0.5) is 0 Å². The summed E-state index contributed by atoms with van der Waals surface area (Å²) in [6.45, 7) is 2.47. The van der Waals surface area contributed by atoms with Crippen molar-refractivity contribution >= 4 is 0 Å². The molecule has 2 atom stereocenters. The molecule has 1 aromatic carbocycles. The summed E-state index contributed by atoms with van der Waals surface area (Å²) in [7, 11) is 0. The van der Waals surface area contributed by atoms with Crippen LogP contribution in [0.25, 0.3) is 0 Å². The number of nitrogens with one attached hydrogen (secondary N) is 1. The third-order valence-electron chi connectivity index (χ3n) is 3.67. The molecule has 1 aliphatic heterocycles. The number of benzene rings is 1. The van der Waals surface area contributed by atoms with E-state index >= 15 is 0 Å². The Morgan fingerprint density at radius 1 is 1.23 bits per heavy atom. The fourth-order valence-electron chi connectivity index (χ4n) is 2.74. The van der Waals surface area contributed by atoms with Gasteiger partial charge in [0.25, 0.3) is 0 Å². The molecule has 2 aliphatic rings. The summed E-state index contributed by atoms with van der Waals surface area (Å²) in [4.78, 5) is 0. The van der Waals surface area contributed by atoms with Gasteiger partial charge >= 0.3 is 0 Å². The second-order valence-electron chi connectivity index (χ2n) is 4.46. The van der Waals surface area contributed by atoms with Gasteiger partial charge in [-0.1, -0.05) is 30.3 Å². The first-order valence-corrected chi connectivity index (χ1v) is 5.16. The molecule has 1 aromatic rings. The van der Waals surface area contributed by atoms with E-state index in [4.69, 9.17) is 0 Å². The molecule has 1 aliphatic carbocycles. The van der Waals surface area contributed by atoms with E-state index in [1.54, 1.807) is 5.56 Å². The minimum absolute atomic E-state index is 0.654. The topological polar surface area (TPSA) is 12.0 Å². The van der Waals surface area contributed by atoms with E-state index in [9.17, 15) is 0 Å². The Hall–Kier alpha value is -0.820. The average molecular weight is 173 g/mol. The van der Waals surface area contributed by atoms with Crippen LogP contribution in [-0.2, 0) is 0 Å². The zero-order chi connectivity index (χ0) is 8.73. The highest BCUT2D eigenvalue weighted by Crippen LogP contribution is 2.62. The van der Waals surface area contributed by atoms with Crippen LogP contribution in [0.3, 0.4) is 0 Å². The van der Waals surface area contributed by atoms with Crippen LogP contribution in [0.2, 0.25) is 0 Å². The van der Waals surface area contributed by atoms with Gasteiger partial charge in [0.2, 0.25) is 0 Å². The number of hydrogen-bond acceptors (Lipinski definition) is 1. The lowest BCUT2D eigenvalue weighted by Crippen LogP contribution is -2.10. The summed E-state index contributed by atoms with van der Waals surface area (Å²) in [6.07, 6.45) is 2.79. The summed E-state index contributed by atoms with van der Waals surface area (Å²) < 4.78 is 0. The van der Waals surface area contributed by atoms with Crippen molar-refractivity contribution in [2.75, 3.05) is 13.1 Å². The van der Waals surface area contributed by atoms with Crippen LogP contribution < -0.4 is 5.32 Å². The Morgan fingerprint density at radius 3 is 2.77 bits per heavy atom. The Bertz CT molecular complexity index is 298. The van der Waals surface area contributed by atoms with Crippen molar-refractivity contribution in [3.63, 3.8) is 0 Å². The van der Waals surface area contributed by atoms with Crippen molar-refractivity contribution in [3.8, 4) is 0 Å². The normalized spacial score (nSPS) is 36.8. The van der Waals surface area contributed by atoms with Gasteiger partial charge in [-0.3, -0.25) is 0 Å². The van der Waals surface area contributed by atoms with Crippen LogP contribution in [-0.4, -0.2) is 13.1 Å². The highest BCUT2D eigenvalue weighted by atomic mass is 14.9. The lowest BCUT2D eigenvalue weighted by molar-refractivity contribution is 0.549. The Balaban J connectivity index is 1.83. The molecule has 1 heterocycles. The second kappa shape index (κ2) is 2.58. The molecule has 0 unspecified atom stereocenters. The molecule has 0 amide bonds. The van der Waals surface area contributed by atoms with E-state index in [2.05, 4.69) is 35.6 Å². The molecule has 13 heavy (non-hydrogen) atoms. The fourth-order valence-corrected chi connectivity index (χ4v) is 2.74. The number of rotatable bonds is 1. The fraction of sp³-hybridized carbons (Fsp3) is 0.500. The van der Waals surface area contributed by atoms with Crippen molar-refractivity contribution in [2.24, 2.45) is 5.41 Å². The Labute approximate surface area is 79.2 Å². The molecule has 1 saturated carbocycles. The summed E-state index contributed by atoms with van der Waals surface area (Å²) in [5.74, 6) is 0.851. The van der Waals surface area contributed by atoms with Crippen LogP contribution in [0.5, 0.6) is 0 Å². The van der Waals surface area contributed by atoms with Gasteiger partial charge < -0.3 is 5.32 Å². The van der Waals surface area contributed by atoms with Gasteiger partial charge in [-0.05, 0) is 36.3 Å². The minimum atomic E-state index is 0.654. The molecular weight excluding hydrogens is 158 g/mol. The summed E-state index contributed by atoms with van der Waals surface area (Å²) in [5.41, 5.74) is 2.20. The maximum Gasteiger partial charge on any atom is 0.00144 e. The highest BCUT2D eigenvalue weighted by Gasteiger charge is 2.55. The maximum absolute atomic E-state index is 3.47. The molecule has 1 heteroatoms. The number of hydrogen-bond donors (Lipinski definition) is 1. The molecule has 68 valence electrons. The van der Waals surface area contributed by atoms with E-state index in [1.807, 2.05) is 0 Å². The first-order chi connectivity index (χ1) is 6.41. The van der Waals surface area contributed by atoms with Crippen LogP contribution in [0.1, 0.15) is 24.3 Å². The highest BCUT2D eigenvalue weighted by molar-refractivity contribution is 5.30. The molecule has 1 spiro atoms. The minimum Gasteiger partial charge on any atom is -0.316 e. The molecule has 3 rings (SSSR count). The van der Waals surface area contributed by atoms with Crippen molar-refractivity contribution in [1.29, 1.82) is 0 Å². The lowest BCUT2D eigenvalue weighted by Gasteiger charge is -2.06. The van der Waals surface area contributed by atoms with Crippen molar-refractivity contribution in [1.82, 2.24) is 5.32 Å². The maximum atomic E-state index is 3.47. The van der Waals surface area contributed by atoms with Crippen LogP contribution >= 0.6 is 0 Å². The van der Waals surface area contributed by atoms with Gasteiger partial charge in [-0.2, -0.15) is 0 Å². The average Bonchev–Trinajstić information content (AvgIpc) is 2.66. The van der Waals surface area contributed by atoms with Gasteiger partial charge in [0.15, 0.2) is 0 Å². The molecule has 0 bridgehead atoms. The Kier molecular flexibility index (Phi) is 1.50. The standard InChI is InChI=1S/C12H15N/c1-2-4-10(5-3-1)11-8-12(11)6-7-13-9-12/h1-5,11,13H,6-9H2/t11-,12+/m1/s1. The molecule has 1 N–H and O–H groups in total. The zero-order valence-corrected chi connectivity index (χ0v) is 7.79. The van der Waals surface area contributed by atoms with E-state index in [-0.39, 0.29) is 0 Å². The van der Waals surface area contributed by atoms with Gasteiger partial charge in [0, 0.05) is 6.54 Å². The van der Waals surface area contributed by atoms with E-state index in [1.165, 1.54) is 25.9 Å². The largest absolute Gasteiger partial charge is 0.316 e. The predicted octanol–water partition coefficient (Wildman–Crippen LogP) is 2.15. The van der Waals surface area contributed by atoms with Crippen LogP contribution in [0, 0.1) is 5.41 Å². The van der Waals surface area contributed by atoms with Gasteiger partial charge in [-0.15, -0.1) is 0 Å². The van der Waals surface area contributed by atoms with Gasteiger partial charge in [-0.25, -0.2) is 0 Å². The molecule has 2 fully saturated rings. The molecular formula is C12H15N. The van der Waals surface area contributed by atoms with Crippen molar-refractivity contribution in [2.45, 2.75) is 18.8 Å². The first-order valence-electron chi connectivity index (χ1n) is 5.16. The predicted molar refractivity (Wildman–Crippen MR) is 53.7 cm³/mol. The quantitative estimate of drug-likeness (QED) is 0.686. The van der Waals surface area contributed by atoms with Gasteiger partial charge in [0.05, 0.1) is 0 Å². The summed E-state index contributed by atoms with van der Waals surface area (Å²) in [5, 5.41) is 3.47.